The summed E-state index contributed by atoms with van der Waals surface area (Å²) in [6.07, 6.45) is 5.72. The predicted molar refractivity (Wildman–Crippen MR) is 47.6 cm³/mol. The molecule has 2 fully saturated rings. The smallest absolute Gasteiger partial charge is 0.339 e. The number of carbonyl (C=O) groups is 1. The van der Waals surface area contributed by atoms with Gasteiger partial charge in [0.1, 0.15) is 5.60 Å². The highest BCUT2D eigenvalue weighted by molar-refractivity contribution is 5.83. The molecule has 0 aromatic carbocycles. The number of fused-ring (bicyclic) bond motifs is 1. The van der Waals surface area contributed by atoms with Gasteiger partial charge in [-0.15, -0.1) is 0 Å². The normalized spacial score (nSPS) is 43.5. The lowest BCUT2D eigenvalue weighted by molar-refractivity contribution is -0.143. The highest BCUT2D eigenvalue weighted by Gasteiger charge is 2.73. The molecule has 74 valence electrons. The Morgan fingerprint density at radius 2 is 2.08 bits per heavy atom. The molecular formula is C10H16O3. The van der Waals surface area contributed by atoms with Crippen LogP contribution in [0.3, 0.4) is 0 Å². The Bertz CT molecular complexity index is 234. The standard InChI is InChI=1S/C10H16O3/c1-2-9-6-4-3-5-7-10(9,13-9)8(11)12/h2-7H2,1H3,(H,11,12). The summed E-state index contributed by atoms with van der Waals surface area (Å²) in [5, 5.41) is 9.14. The Labute approximate surface area is 78.1 Å². The van der Waals surface area contributed by atoms with Crippen LogP contribution in [-0.4, -0.2) is 22.3 Å². The van der Waals surface area contributed by atoms with Crippen LogP contribution in [0.1, 0.15) is 45.4 Å². The number of rotatable bonds is 2. The van der Waals surface area contributed by atoms with Crippen molar-refractivity contribution in [2.75, 3.05) is 0 Å². The van der Waals surface area contributed by atoms with Crippen molar-refractivity contribution in [3.05, 3.63) is 0 Å². The first-order valence-electron chi connectivity index (χ1n) is 5.10. The minimum absolute atomic E-state index is 0.310. The first-order valence-corrected chi connectivity index (χ1v) is 5.10. The molecule has 3 heteroatoms. The zero-order valence-electron chi connectivity index (χ0n) is 8.01. The maximum Gasteiger partial charge on any atom is 0.339 e. The summed E-state index contributed by atoms with van der Waals surface area (Å²) in [5.74, 6) is -0.753. The maximum atomic E-state index is 11.1. The molecule has 1 saturated heterocycles. The van der Waals surface area contributed by atoms with E-state index in [1.165, 1.54) is 0 Å². The van der Waals surface area contributed by atoms with Crippen molar-refractivity contribution in [2.45, 2.75) is 56.7 Å². The van der Waals surface area contributed by atoms with E-state index in [0.717, 1.165) is 32.1 Å². The van der Waals surface area contributed by atoms with E-state index in [2.05, 4.69) is 0 Å². The molecule has 0 amide bonds. The van der Waals surface area contributed by atoms with Crippen LogP contribution in [-0.2, 0) is 9.53 Å². The zero-order chi connectivity index (χ0) is 9.53. The molecule has 3 nitrogen and oxygen atoms in total. The van der Waals surface area contributed by atoms with Crippen molar-refractivity contribution < 1.29 is 14.6 Å². The van der Waals surface area contributed by atoms with Gasteiger partial charge in [-0.3, -0.25) is 0 Å². The van der Waals surface area contributed by atoms with Gasteiger partial charge in [0, 0.05) is 0 Å². The van der Waals surface area contributed by atoms with Crippen LogP contribution in [0.5, 0.6) is 0 Å². The van der Waals surface area contributed by atoms with Gasteiger partial charge in [0.05, 0.1) is 0 Å². The SMILES string of the molecule is CCC12CCCCCC1(C(=O)O)O2. The Kier molecular flexibility index (Phi) is 1.88. The van der Waals surface area contributed by atoms with E-state index in [1.54, 1.807) is 0 Å². The molecule has 0 bridgehead atoms. The molecule has 1 saturated carbocycles. The van der Waals surface area contributed by atoms with E-state index in [4.69, 9.17) is 9.84 Å². The summed E-state index contributed by atoms with van der Waals surface area (Å²) in [6, 6.07) is 0. The second-order valence-electron chi connectivity index (χ2n) is 4.14. The van der Waals surface area contributed by atoms with E-state index < -0.39 is 11.6 Å². The van der Waals surface area contributed by atoms with E-state index >= 15 is 0 Å². The lowest BCUT2D eigenvalue weighted by Crippen LogP contribution is -2.32. The summed E-state index contributed by atoms with van der Waals surface area (Å²) in [5.41, 5.74) is -1.12. The Balaban J connectivity index is 2.23. The van der Waals surface area contributed by atoms with Gasteiger partial charge in [-0.2, -0.15) is 0 Å². The number of carboxylic acids is 1. The first kappa shape index (κ1) is 9.00. The van der Waals surface area contributed by atoms with Gasteiger partial charge in [0.15, 0.2) is 5.60 Å². The molecule has 13 heavy (non-hydrogen) atoms. The average Bonchev–Trinajstić information content (AvgIpc) is 2.73. The third kappa shape index (κ3) is 1.03. The van der Waals surface area contributed by atoms with E-state index in [0.29, 0.717) is 6.42 Å². The van der Waals surface area contributed by atoms with Gasteiger partial charge in [-0.05, 0) is 25.7 Å². The Morgan fingerprint density at radius 3 is 2.69 bits per heavy atom. The van der Waals surface area contributed by atoms with E-state index in [9.17, 15) is 4.79 Å². The Morgan fingerprint density at radius 1 is 1.38 bits per heavy atom. The molecule has 0 spiro atoms. The summed E-state index contributed by atoms with van der Waals surface area (Å²) in [6.45, 7) is 2.02. The van der Waals surface area contributed by atoms with Crippen molar-refractivity contribution in [1.29, 1.82) is 0 Å². The molecular weight excluding hydrogens is 168 g/mol. The molecule has 2 aliphatic rings. The van der Waals surface area contributed by atoms with E-state index in [1.807, 2.05) is 6.92 Å². The number of carboxylic acid groups (broad SMARTS) is 1. The lowest BCUT2D eigenvalue weighted by atomic mass is 9.86. The summed E-state index contributed by atoms with van der Waals surface area (Å²) in [7, 11) is 0. The maximum absolute atomic E-state index is 11.1. The van der Waals surface area contributed by atoms with Crippen LogP contribution < -0.4 is 0 Å². The third-order valence-corrected chi connectivity index (χ3v) is 3.59. The molecule has 2 unspecified atom stereocenters. The van der Waals surface area contributed by atoms with Gasteiger partial charge < -0.3 is 9.84 Å². The van der Waals surface area contributed by atoms with Gasteiger partial charge in [-0.1, -0.05) is 19.8 Å². The van der Waals surface area contributed by atoms with Crippen LogP contribution in [0.25, 0.3) is 0 Å². The van der Waals surface area contributed by atoms with Crippen LogP contribution in [0.15, 0.2) is 0 Å². The number of epoxide rings is 1. The van der Waals surface area contributed by atoms with Gasteiger partial charge in [0.25, 0.3) is 0 Å². The highest BCUT2D eigenvalue weighted by atomic mass is 16.7. The van der Waals surface area contributed by atoms with Crippen molar-refractivity contribution in [2.24, 2.45) is 0 Å². The summed E-state index contributed by atoms with van der Waals surface area (Å²) in [4.78, 5) is 11.1. The second-order valence-corrected chi connectivity index (χ2v) is 4.14. The molecule has 2 atom stereocenters. The highest BCUT2D eigenvalue weighted by Crippen LogP contribution is 2.58. The van der Waals surface area contributed by atoms with Crippen molar-refractivity contribution in [1.82, 2.24) is 0 Å². The van der Waals surface area contributed by atoms with Gasteiger partial charge in [-0.25, -0.2) is 4.79 Å². The lowest BCUT2D eigenvalue weighted by Gasteiger charge is -2.11. The molecule has 1 heterocycles. The predicted octanol–water partition coefficient (Wildman–Crippen LogP) is 1.95. The minimum Gasteiger partial charge on any atom is -0.479 e. The van der Waals surface area contributed by atoms with Crippen molar-refractivity contribution in [3.8, 4) is 0 Å². The second kappa shape index (κ2) is 2.71. The van der Waals surface area contributed by atoms with E-state index in [-0.39, 0.29) is 5.60 Å². The van der Waals surface area contributed by atoms with Crippen molar-refractivity contribution in [3.63, 3.8) is 0 Å². The first-order chi connectivity index (χ1) is 6.17. The number of aliphatic carboxylic acids is 1. The molecule has 0 aromatic rings. The Hall–Kier alpha value is -0.570. The topological polar surface area (TPSA) is 49.8 Å². The fourth-order valence-corrected chi connectivity index (χ4v) is 2.68. The van der Waals surface area contributed by atoms with Crippen LogP contribution in [0, 0.1) is 0 Å². The zero-order valence-corrected chi connectivity index (χ0v) is 8.01. The van der Waals surface area contributed by atoms with Crippen LogP contribution in [0.2, 0.25) is 0 Å². The van der Waals surface area contributed by atoms with Crippen LogP contribution in [0.4, 0.5) is 0 Å². The summed E-state index contributed by atoms with van der Waals surface area (Å²) >= 11 is 0. The fraction of sp³-hybridized carbons (Fsp3) is 0.900. The van der Waals surface area contributed by atoms with Gasteiger partial charge in [0.2, 0.25) is 0 Å². The average molecular weight is 184 g/mol. The number of ether oxygens (including phenoxy) is 1. The monoisotopic (exact) mass is 184 g/mol. The fourth-order valence-electron chi connectivity index (χ4n) is 2.68. The molecule has 1 aliphatic carbocycles. The largest absolute Gasteiger partial charge is 0.479 e. The third-order valence-electron chi connectivity index (χ3n) is 3.59. The minimum atomic E-state index is -0.807. The molecule has 1 aliphatic heterocycles. The quantitative estimate of drug-likeness (QED) is 0.667. The molecule has 0 radical (unpaired) electrons. The van der Waals surface area contributed by atoms with Gasteiger partial charge >= 0.3 is 5.97 Å². The number of hydrogen-bond acceptors (Lipinski definition) is 2. The van der Waals surface area contributed by atoms with Crippen molar-refractivity contribution >= 4 is 5.97 Å². The summed E-state index contributed by atoms with van der Waals surface area (Å²) < 4.78 is 5.54. The molecule has 0 aromatic heterocycles. The van der Waals surface area contributed by atoms with Crippen LogP contribution >= 0.6 is 0 Å². The molecule has 1 N–H and O–H groups in total. The number of hydrogen-bond donors (Lipinski definition) is 1. The molecule has 2 rings (SSSR count).